The van der Waals surface area contributed by atoms with Gasteiger partial charge in [0, 0.05) is 17.1 Å². The second-order valence-electron chi connectivity index (χ2n) is 6.09. The number of hydrogen-bond acceptors (Lipinski definition) is 4. The van der Waals surface area contributed by atoms with E-state index in [1.165, 1.54) is 0 Å². The van der Waals surface area contributed by atoms with Gasteiger partial charge in [0.2, 0.25) is 5.78 Å². The number of hydrogen-bond donors (Lipinski definition) is 0. The molecule has 0 saturated carbocycles. The number of fused-ring (bicyclic) bond motifs is 1. The van der Waals surface area contributed by atoms with Crippen LogP contribution in [0.15, 0.2) is 48.7 Å². The number of carbonyl (C=O) groups excluding carboxylic acids is 2. The number of aromatic nitrogens is 1. The summed E-state index contributed by atoms with van der Waals surface area (Å²) >= 11 is 0. The fourth-order valence-electron chi connectivity index (χ4n) is 3.29. The van der Waals surface area contributed by atoms with Crippen molar-refractivity contribution in [3.8, 4) is 0 Å². The number of benzene rings is 1. The zero-order valence-electron chi connectivity index (χ0n) is 13.8. The minimum Gasteiger partial charge on any atom is -0.372 e. The molecule has 0 radical (unpaired) electrons. The number of ketones is 1. The molecule has 0 spiro atoms. The van der Waals surface area contributed by atoms with Gasteiger partial charge >= 0.3 is 0 Å². The number of ether oxygens (including phenoxy) is 1. The first-order chi connectivity index (χ1) is 12.3. The van der Waals surface area contributed by atoms with Crippen LogP contribution in [-0.2, 0) is 27.0 Å². The molecule has 1 unspecified atom stereocenters. The second-order valence-corrected chi connectivity index (χ2v) is 8.45. The molecule has 25 heavy (non-hydrogen) atoms. The summed E-state index contributed by atoms with van der Waals surface area (Å²) in [5.41, 5.74) is 1.58. The molecule has 3 heterocycles. The quantitative estimate of drug-likeness (QED) is 0.623. The van der Waals surface area contributed by atoms with Crippen molar-refractivity contribution in [1.82, 2.24) is 4.98 Å². The summed E-state index contributed by atoms with van der Waals surface area (Å²) in [6, 6.07) is 13.4. The lowest BCUT2D eigenvalue weighted by molar-refractivity contribution is -0.117. The smallest absolute Gasteiger partial charge is 0.289 e. The SMILES string of the molecule is O=C1c2cccnc2N(Cc2ccccc2)C(=O)C1[S+]1CCOCC1. The Morgan fingerprint density at radius 3 is 2.60 bits per heavy atom. The molecule has 1 fully saturated rings. The normalized spacial score (nSPS) is 21.3. The van der Waals surface area contributed by atoms with Crippen LogP contribution in [0.3, 0.4) is 0 Å². The largest absolute Gasteiger partial charge is 0.372 e. The van der Waals surface area contributed by atoms with Gasteiger partial charge in [0.15, 0.2) is 0 Å². The van der Waals surface area contributed by atoms with Gasteiger partial charge in [-0.2, -0.15) is 0 Å². The van der Waals surface area contributed by atoms with Crippen LogP contribution in [0.5, 0.6) is 0 Å². The summed E-state index contributed by atoms with van der Waals surface area (Å²) in [6.07, 6.45) is 1.63. The Hall–Kier alpha value is -2.18. The van der Waals surface area contributed by atoms with E-state index in [-0.39, 0.29) is 22.6 Å². The summed E-state index contributed by atoms with van der Waals surface area (Å²) in [7, 11) is -0.271. The van der Waals surface area contributed by atoms with E-state index in [1.807, 2.05) is 30.3 Å². The van der Waals surface area contributed by atoms with Gasteiger partial charge in [-0.15, -0.1) is 0 Å². The van der Waals surface area contributed by atoms with Gasteiger partial charge in [0.05, 0.1) is 25.3 Å². The van der Waals surface area contributed by atoms with Gasteiger partial charge in [-0.25, -0.2) is 4.98 Å². The summed E-state index contributed by atoms with van der Waals surface area (Å²) in [6.45, 7) is 1.68. The van der Waals surface area contributed by atoms with Crippen molar-refractivity contribution in [2.75, 3.05) is 29.6 Å². The number of nitrogens with zero attached hydrogens (tertiary/aromatic N) is 2. The molecule has 0 bridgehead atoms. The van der Waals surface area contributed by atoms with Crippen LogP contribution < -0.4 is 4.90 Å². The monoisotopic (exact) mass is 355 g/mol. The van der Waals surface area contributed by atoms with Crippen LogP contribution in [0.2, 0.25) is 0 Å². The van der Waals surface area contributed by atoms with Gasteiger partial charge in [0.25, 0.3) is 11.2 Å². The Bertz CT molecular complexity index is 790. The van der Waals surface area contributed by atoms with Gasteiger partial charge in [-0.3, -0.25) is 14.5 Å². The van der Waals surface area contributed by atoms with Crippen LogP contribution in [-0.4, -0.2) is 46.6 Å². The van der Waals surface area contributed by atoms with Crippen molar-refractivity contribution in [3.63, 3.8) is 0 Å². The Morgan fingerprint density at radius 1 is 1.08 bits per heavy atom. The molecule has 128 valence electrons. The maximum absolute atomic E-state index is 13.2. The topological polar surface area (TPSA) is 59.5 Å². The molecule has 6 heteroatoms. The lowest BCUT2D eigenvalue weighted by Crippen LogP contribution is -2.54. The first-order valence-electron chi connectivity index (χ1n) is 8.34. The second kappa shape index (κ2) is 6.98. The number of anilines is 1. The highest BCUT2D eigenvalue weighted by Gasteiger charge is 2.51. The summed E-state index contributed by atoms with van der Waals surface area (Å²) in [5.74, 6) is 1.83. The van der Waals surface area contributed by atoms with E-state index in [0.717, 1.165) is 17.1 Å². The summed E-state index contributed by atoms with van der Waals surface area (Å²) < 4.78 is 5.41. The van der Waals surface area contributed by atoms with Crippen molar-refractivity contribution in [3.05, 3.63) is 59.8 Å². The van der Waals surface area contributed by atoms with E-state index in [4.69, 9.17) is 4.74 Å². The van der Waals surface area contributed by atoms with E-state index in [9.17, 15) is 9.59 Å². The lowest BCUT2D eigenvalue weighted by Gasteiger charge is -2.32. The molecular weight excluding hydrogens is 336 g/mol. The maximum Gasteiger partial charge on any atom is 0.289 e. The molecule has 5 nitrogen and oxygen atoms in total. The van der Waals surface area contributed by atoms with Crippen molar-refractivity contribution >= 4 is 28.4 Å². The van der Waals surface area contributed by atoms with Crippen LogP contribution in [0.1, 0.15) is 15.9 Å². The van der Waals surface area contributed by atoms with E-state index in [0.29, 0.717) is 31.1 Å². The van der Waals surface area contributed by atoms with Crippen LogP contribution >= 0.6 is 0 Å². The van der Waals surface area contributed by atoms with E-state index >= 15 is 0 Å². The lowest BCUT2D eigenvalue weighted by atomic mass is 10.0. The van der Waals surface area contributed by atoms with Crippen molar-refractivity contribution in [2.45, 2.75) is 11.8 Å². The maximum atomic E-state index is 13.2. The third kappa shape index (κ3) is 3.07. The van der Waals surface area contributed by atoms with Gasteiger partial charge in [0.1, 0.15) is 17.3 Å². The highest BCUT2D eigenvalue weighted by atomic mass is 32.2. The predicted octanol–water partition coefficient (Wildman–Crippen LogP) is 1.83. The van der Waals surface area contributed by atoms with Crippen LogP contribution in [0, 0.1) is 0 Å². The van der Waals surface area contributed by atoms with Gasteiger partial charge in [-0.1, -0.05) is 30.3 Å². The summed E-state index contributed by atoms with van der Waals surface area (Å²) in [4.78, 5) is 32.3. The number of rotatable bonds is 3. The van der Waals surface area contributed by atoms with Gasteiger partial charge < -0.3 is 4.74 Å². The minimum absolute atomic E-state index is 0.0809. The molecule has 2 aliphatic heterocycles. The third-order valence-electron chi connectivity index (χ3n) is 4.53. The van der Waals surface area contributed by atoms with Crippen LogP contribution in [0.25, 0.3) is 0 Å². The van der Waals surface area contributed by atoms with Crippen molar-refractivity contribution in [2.24, 2.45) is 0 Å². The molecule has 2 aliphatic rings. The summed E-state index contributed by atoms with van der Waals surface area (Å²) in [5, 5.41) is -0.593. The minimum atomic E-state index is -0.593. The molecule has 1 amide bonds. The highest BCUT2D eigenvalue weighted by molar-refractivity contribution is 7.99. The first kappa shape index (κ1) is 16.3. The van der Waals surface area contributed by atoms with Crippen molar-refractivity contribution < 1.29 is 14.3 Å². The number of pyridine rings is 1. The predicted molar refractivity (Wildman–Crippen MR) is 97.9 cm³/mol. The molecule has 1 atom stereocenters. The zero-order chi connectivity index (χ0) is 17.2. The molecule has 1 saturated heterocycles. The first-order valence-corrected chi connectivity index (χ1v) is 9.97. The molecular formula is C19H19N2O3S+. The Labute approximate surface area is 149 Å². The fraction of sp³-hybridized carbons (Fsp3) is 0.316. The van der Waals surface area contributed by atoms with E-state index in [1.54, 1.807) is 23.2 Å². The van der Waals surface area contributed by atoms with Crippen LogP contribution in [0.4, 0.5) is 5.82 Å². The molecule has 0 aliphatic carbocycles. The number of amides is 1. The standard InChI is InChI=1S/C19H19N2O3S/c22-16-15-7-4-8-20-18(15)21(13-14-5-2-1-3-6-14)19(23)17(16)25-11-9-24-10-12-25/h1-8,17H,9-13H2/q+1. The number of Topliss-reactive ketones (excluding diaryl/α,β-unsaturated/α-hetero) is 1. The Balaban J connectivity index is 1.72. The van der Waals surface area contributed by atoms with E-state index < -0.39 is 5.25 Å². The molecule has 2 aromatic rings. The Kier molecular flexibility index (Phi) is 4.55. The zero-order valence-corrected chi connectivity index (χ0v) is 14.6. The fourth-order valence-corrected chi connectivity index (χ4v) is 5.47. The third-order valence-corrected chi connectivity index (χ3v) is 7.00. The molecule has 1 aromatic carbocycles. The van der Waals surface area contributed by atoms with E-state index in [2.05, 4.69) is 4.98 Å². The van der Waals surface area contributed by atoms with Gasteiger partial charge in [-0.05, 0) is 17.7 Å². The molecule has 0 N–H and O–H groups in total. The average molecular weight is 355 g/mol. The molecule has 1 aromatic heterocycles. The Morgan fingerprint density at radius 2 is 1.84 bits per heavy atom. The highest BCUT2D eigenvalue weighted by Crippen LogP contribution is 2.31. The number of carbonyl (C=O) groups is 2. The van der Waals surface area contributed by atoms with Crippen molar-refractivity contribution in [1.29, 1.82) is 0 Å². The average Bonchev–Trinajstić information content (AvgIpc) is 2.67. The molecule has 4 rings (SSSR count).